The number of carbonyl (C=O) groups is 1. The molecule has 0 fully saturated rings. The fraction of sp³-hybridized carbons (Fsp3) is 0.500. The first-order chi connectivity index (χ1) is 10.8. The van der Waals surface area contributed by atoms with Crippen molar-refractivity contribution in [3.63, 3.8) is 0 Å². The quantitative estimate of drug-likeness (QED) is 0.439. The van der Waals surface area contributed by atoms with Gasteiger partial charge in [-0.1, -0.05) is 18.2 Å². The summed E-state index contributed by atoms with van der Waals surface area (Å²) in [6.45, 7) is 0.990. The molecule has 0 saturated heterocycles. The number of hydrogen-bond acceptors (Lipinski definition) is 3. The van der Waals surface area contributed by atoms with Crippen LogP contribution in [-0.4, -0.2) is 31.1 Å². The van der Waals surface area contributed by atoms with Crippen molar-refractivity contribution in [3.8, 4) is 5.75 Å². The topological polar surface area (TPSA) is 35.5 Å². The highest BCUT2D eigenvalue weighted by molar-refractivity contribution is 5.69. The number of rotatable bonds is 5. The summed E-state index contributed by atoms with van der Waals surface area (Å²) in [6.07, 6.45) is -16.4. The molecule has 0 saturated carbocycles. The van der Waals surface area contributed by atoms with Crippen molar-refractivity contribution in [2.24, 2.45) is 0 Å². The van der Waals surface area contributed by atoms with Crippen LogP contribution >= 0.6 is 0 Å². The van der Waals surface area contributed by atoms with Gasteiger partial charge in [0, 0.05) is 26.0 Å². The molecule has 0 heterocycles. The Balaban J connectivity index is 3.30. The molecular weight excluding hydrogens is 349 g/mol. The van der Waals surface area contributed by atoms with Crippen LogP contribution < -0.4 is 4.74 Å². The highest BCUT2D eigenvalue weighted by Crippen LogP contribution is 2.51. The summed E-state index contributed by atoms with van der Waals surface area (Å²) >= 11 is 0. The number of halogens is 7. The van der Waals surface area contributed by atoms with E-state index in [9.17, 15) is 35.5 Å². The number of benzene rings is 1. The molecule has 0 aliphatic carbocycles. The predicted molar refractivity (Wildman–Crippen MR) is 68.1 cm³/mol. The van der Waals surface area contributed by atoms with Gasteiger partial charge in [0.2, 0.25) is 0 Å². The summed E-state index contributed by atoms with van der Waals surface area (Å²) in [5.74, 6) is -1.17. The molecule has 1 aromatic carbocycles. The van der Waals surface area contributed by atoms with Crippen LogP contribution in [0.2, 0.25) is 0 Å². The number of esters is 1. The van der Waals surface area contributed by atoms with Crippen LogP contribution in [0.3, 0.4) is 0 Å². The Hall–Kier alpha value is -1.84. The van der Waals surface area contributed by atoms with E-state index in [0.29, 0.717) is 0 Å². The van der Waals surface area contributed by atoms with Crippen LogP contribution in [0, 0.1) is 0 Å². The Morgan fingerprint density at radius 2 is 1.54 bits per heavy atom. The average molecular weight is 362 g/mol. The maximum atomic E-state index is 13.9. The van der Waals surface area contributed by atoms with Gasteiger partial charge in [-0.15, -0.1) is 0 Å². The fourth-order valence-electron chi connectivity index (χ4n) is 1.96. The molecule has 0 aliphatic rings. The van der Waals surface area contributed by atoms with E-state index < -0.39 is 36.5 Å². The number of ether oxygens (including phenoxy) is 2. The molecule has 1 unspecified atom stereocenters. The lowest BCUT2D eigenvalue weighted by Crippen LogP contribution is -2.54. The van der Waals surface area contributed by atoms with Crippen LogP contribution in [0.1, 0.15) is 25.0 Å². The highest BCUT2D eigenvalue weighted by atomic mass is 19.4. The molecule has 10 heteroatoms. The minimum absolute atomic E-state index is 0.314. The van der Waals surface area contributed by atoms with E-state index in [1.807, 2.05) is 0 Å². The third-order valence-corrected chi connectivity index (χ3v) is 3.17. The summed E-state index contributed by atoms with van der Waals surface area (Å²) in [7, 11) is 0.822. The molecule has 0 bridgehead atoms. The largest absolute Gasteiger partial charge is 0.431 e. The number of hydrogen-bond donors (Lipinski definition) is 0. The van der Waals surface area contributed by atoms with Gasteiger partial charge in [-0.05, 0) is 6.07 Å². The molecule has 0 radical (unpaired) electrons. The molecule has 0 N–H and O–H groups in total. The van der Waals surface area contributed by atoms with Gasteiger partial charge in [0.1, 0.15) is 5.75 Å². The van der Waals surface area contributed by atoms with E-state index >= 15 is 0 Å². The summed E-state index contributed by atoms with van der Waals surface area (Å²) in [6, 6.07) is 4.84. The second kappa shape index (κ2) is 6.96. The van der Waals surface area contributed by atoms with E-state index in [-0.39, 0.29) is 11.3 Å². The predicted octanol–water partition coefficient (Wildman–Crippen LogP) is 4.52. The molecular formula is C14H13F7O3. The van der Waals surface area contributed by atoms with Gasteiger partial charge in [-0.25, -0.2) is 4.39 Å². The zero-order chi connectivity index (χ0) is 18.8. The highest BCUT2D eigenvalue weighted by Gasteiger charge is 2.72. The normalized spacial score (nSPS) is 14.4. The summed E-state index contributed by atoms with van der Waals surface area (Å²) < 4.78 is 99.3. The molecule has 24 heavy (non-hydrogen) atoms. The molecule has 0 aliphatic heterocycles. The van der Waals surface area contributed by atoms with Gasteiger partial charge in [0.15, 0.2) is 0 Å². The molecule has 0 aromatic heterocycles. The van der Waals surface area contributed by atoms with Crippen LogP contribution in [0.5, 0.6) is 5.75 Å². The number of alkyl halides is 7. The molecule has 1 atom stereocenters. The maximum Gasteiger partial charge on any atom is 0.431 e. The average Bonchev–Trinajstić information content (AvgIpc) is 2.42. The second-order valence-corrected chi connectivity index (χ2v) is 4.86. The zero-order valence-corrected chi connectivity index (χ0v) is 12.5. The molecule has 1 rings (SSSR count). The summed E-state index contributed by atoms with van der Waals surface area (Å²) in [5, 5.41) is 0. The first-order valence-electron chi connectivity index (χ1n) is 6.46. The third kappa shape index (κ3) is 4.16. The SMILES string of the molecule is COC(CC(F)(C(F)(F)F)C(F)(F)F)c1ccccc1OC(C)=O. The Labute approximate surface area is 132 Å². The molecule has 1 aromatic rings. The second-order valence-electron chi connectivity index (χ2n) is 4.86. The van der Waals surface area contributed by atoms with Crippen molar-refractivity contribution < 1.29 is 45.0 Å². The Morgan fingerprint density at radius 3 is 1.96 bits per heavy atom. The van der Waals surface area contributed by atoms with Crippen molar-refractivity contribution in [1.29, 1.82) is 0 Å². The van der Waals surface area contributed by atoms with Gasteiger partial charge in [-0.2, -0.15) is 26.3 Å². The van der Waals surface area contributed by atoms with Gasteiger partial charge < -0.3 is 9.47 Å². The van der Waals surface area contributed by atoms with E-state index in [1.165, 1.54) is 12.1 Å². The van der Waals surface area contributed by atoms with E-state index in [1.54, 1.807) is 0 Å². The van der Waals surface area contributed by atoms with Crippen LogP contribution in [0.25, 0.3) is 0 Å². The monoisotopic (exact) mass is 362 g/mol. The number of para-hydroxylation sites is 1. The van der Waals surface area contributed by atoms with Crippen molar-refractivity contribution in [3.05, 3.63) is 29.8 Å². The zero-order valence-electron chi connectivity index (χ0n) is 12.5. The van der Waals surface area contributed by atoms with Crippen molar-refractivity contribution in [2.45, 2.75) is 37.5 Å². The number of methoxy groups -OCH3 is 1. The van der Waals surface area contributed by atoms with Gasteiger partial charge in [0.25, 0.3) is 0 Å². The lowest BCUT2D eigenvalue weighted by atomic mass is 9.92. The van der Waals surface area contributed by atoms with Crippen LogP contribution in [0.4, 0.5) is 30.7 Å². The molecule has 3 nitrogen and oxygen atoms in total. The van der Waals surface area contributed by atoms with E-state index in [2.05, 4.69) is 4.74 Å². The summed E-state index contributed by atoms with van der Waals surface area (Å²) in [5.41, 5.74) is -5.80. The standard InChI is InChI=1S/C14H13F7O3/c1-8(22)24-10-6-4-3-5-9(10)11(23-2)7-12(15,13(16,17)18)14(19,20)21/h3-6,11H,7H2,1-2H3. The molecule has 0 amide bonds. The smallest absolute Gasteiger partial charge is 0.426 e. The third-order valence-electron chi connectivity index (χ3n) is 3.17. The van der Waals surface area contributed by atoms with Gasteiger partial charge in [-0.3, -0.25) is 4.79 Å². The van der Waals surface area contributed by atoms with Crippen LogP contribution in [0.15, 0.2) is 24.3 Å². The lowest BCUT2D eigenvalue weighted by Gasteiger charge is -2.33. The van der Waals surface area contributed by atoms with Crippen molar-refractivity contribution >= 4 is 5.97 Å². The van der Waals surface area contributed by atoms with E-state index in [4.69, 9.17) is 4.74 Å². The Bertz CT molecular complexity index is 566. The fourth-order valence-corrected chi connectivity index (χ4v) is 1.96. The van der Waals surface area contributed by atoms with Crippen molar-refractivity contribution in [1.82, 2.24) is 0 Å². The van der Waals surface area contributed by atoms with E-state index in [0.717, 1.165) is 26.2 Å². The first kappa shape index (κ1) is 20.2. The summed E-state index contributed by atoms with van der Waals surface area (Å²) in [4.78, 5) is 11.0. The van der Waals surface area contributed by atoms with Crippen molar-refractivity contribution in [2.75, 3.05) is 7.11 Å². The minimum Gasteiger partial charge on any atom is -0.426 e. The Kier molecular flexibility index (Phi) is 5.86. The first-order valence-corrected chi connectivity index (χ1v) is 6.46. The molecule has 0 spiro atoms. The minimum atomic E-state index is -6.20. The molecule has 136 valence electrons. The van der Waals surface area contributed by atoms with Crippen LogP contribution in [-0.2, 0) is 9.53 Å². The van der Waals surface area contributed by atoms with Gasteiger partial charge >= 0.3 is 24.0 Å². The van der Waals surface area contributed by atoms with Gasteiger partial charge in [0.05, 0.1) is 6.10 Å². The lowest BCUT2D eigenvalue weighted by molar-refractivity contribution is -0.348. The maximum absolute atomic E-state index is 13.9. The Morgan fingerprint density at radius 1 is 1.04 bits per heavy atom. The number of carbonyl (C=O) groups excluding carboxylic acids is 1.